The van der Waals surface area contributed by atoms with E-state index in [9.17, 15) is 0 Å². The quantitative estimate of drug-likeness (QED) is 0.932. The first-order valence-electron chi connectivity index (χ1n) is 6.64. The minimum Gasteiger partial charge on any atom is -0.493 e. The van der Waals surface area contributed by atoms with E-state index >= 15 is 0 Å². The van der Waals surface area contributed by atoms with Crippen LogP contribution in [-0.2, 0) is 12.8 Å². The molecule has 1 aliphatic carbocycles. The van der Waals surface area contributed by atoms with Crippen LogP contribution in [0.25, 0.3) is 0 Å². The van der Waals surface area contributed by atoms with Gasteiger partial charge in [-0.2, -0.15) is 0 Å². The Kier molecular flexibility index (Phi) is 3.53. The molecule has 0 fully saturated rings. The third-order valence-corrected chi connectivity index (χ3v) is 4.68. The molecule has 0 saturated heterocycles. The van der Waals surface area contributed by atoms with E-state index in [1.807, 2.05) is 18.5 Å². The van der Waals surface area contributed by atoms with Crippen LogP contribution in [0, 0.1) is 6.92 Å². The summed E-state index contributed by atoms with van der Waals surface area (Å²) in [6.45, 7) is 2.75. The maximum atomic E-state index is 6.03. The van der Waals surface area contributed by atoms with Crippen LogP contribution in [0.15, 0.2) is 23.7 Å². The zero-order chi connectivity index (χ0) is 13.2. The molecule has 4 heteroatoms. The largest absolute Gasteiger partial charge is 0.493 e. The third-order valence-electron chi connectivity index (χ3n) is 3.68. The van der Waals surface area contributed by atoms with Crippen LogP contribution in [0.2, 0.25) is 0 Å². The van der Waals surface area contributed by atoms with Crippen molar-refractivity contribution in [1.82, 2.24) is 4.98 Å². The van der Waals surface area contributed by atoms with Gasteiger partial charge in [0.15, 0.2) is 0 Å². The van der Waals surface area contributed by atoms with E-state index in [0.29, 0.717) is 6.61 Å². The van der Waals surface area contributed by atoms with Gasteiger partial charge in [0.25, 0.3) is 0 Å². The van der Waals surface area contributed by atoms with Crippen molar-refractivity contribution in [1.29, 1.82) is 0 Å². The lowest BCUT2D eigenvalue weighted by atomic mass is 10.1. The number of ether oxygens (including phenoxy) is 1. The molecule has 1 atom stereocenters. The number of hydrogen-bond acceptors (Lipinski definition) is 4. The Morgan fingerprint density at radius 2 is 2.37 bits per heavy atom. The molecule has 0 saturated carbocycles. The highest BCUT2D eigenvalue weighted by atomic mass is 32.1. The highest BCUT2D eigenvalue weighted by Crippen LogP contribution is 2.31. The molecule has 1 aromatic carbocycles. The van der Waals surface area contributed by atoms with Gasteiger partial charge < -0.3 is 10.5 Å². The van der Waals surface area contributed by atoms with Crippen molar-refractivity contribution in [3.8, 4) is 5.75 Å². The molecule has 1 heterocycles. The van der Waals surface area contributed by atoms with Crippen molar-refractivity contribution in [3.05, 3.63) is 45.4 Å². The zero-order valence-corrected chi connectivity index (χ0v) is 11.9. The number of nitrogens with zero attached hydrogens (tertiary/aromatic N) is 1. The number of nitrogens with two attached hydrogens (primary N) is 1. The Morgan fingerprint density at radius 1 is 1.47 bits per heavy atom. The third kappa shape index (κ3) is 2.65. The highest BCUT2D eigenvalue weighted by molar-refractivity contribution is 7.09. The molecule has 0 aliphatic heterocycles. The summed E-state index contributed by atoms with van der Waals surface area (Å²) in [5.41, 5.74) is 11.7. The predicted molar refractivity (Wildman–Crippen MR) is 77.7 cm³/mol. The van der Waals surface area contributed by atoms with Gasteiger partial charge in [0, 0.05) is 17.3 Å². The molecule has 0 spiro atoms. The summed E-state index contributed by atoms with van der Waals surface area (Å²) >= 11 is 1.70. The summed E-state index contributed by atoms with van der Waals surface area (Å²) in [6.07, 6.45) is 3.05. The number of fused-ring (bicyclic) bond motifs is 1. The van der Waals surface area contributed by atoms with Crippen LogP contribution < -0.4 is 10.5 Å². The van der Waals surface area contributed by atoms with Crippen molar-refractivity contribution in [2.75, 3.05) is 6.61 Å². The Hall–Kier alpha value is -1.39. The fourth-order valence-corrected chi connectivity index (χ4v) is 3.31. The second kappa shape index (κ2) is 5.31. The normalized spacial score (nSPS) is 17.5. The molecule has 1 aliphatic rings. The number of benzene rings is 1. The lowest BCUT2D eigenvalue weighted by molar-refractivity contribution is 0.322. The van der Waals surface area contributed by atoms with Gasteiger partial charge >= 0.3 is 0 Å². The molecule has 3 rings (SSSR count). The number of hydrogen-bond donors (Lipinski definition) is 1. The summed E-state index contributed by atoms with van der Waals surface area (Å²) < 4.78 is 5.83. The SMILES string of the molecule is Cc1ncsc1CCOc1ccc2c(c1)CC[C@@H]2N. The lowest BCUT2D eigenvalue weighted by Crippen LogP contribution is -2.05. The van der Waals surface area contributed by atoms with Gasteiger partial charge in [0.1, 0.15) is 5.75 Å². The average molecular weight is 274 g/mol. The highest BCUT2D eigenvalue weighted by Gasteiger charge is 2.19. The van der Waals surface area contributed by atoms with Crippen molar-refractivity contribution >= 4 is 11.3 Å². The van der Waals surface area contributed by atoms with Crippen molar-refractivity contribution in [2.45, 2.75) is 32.2 Å². The van der Waals surface area contributed by atoms with Crippen LogP contribution >= 0.6 is 11.3 Å². The lowest BCUT2D eigenvalue weighted by Gasteiger charge is -2.09. The first kappa shape index (κ1) is 12.6. The van der Waals surface area contributed by atoms with Crippen molar-refractivity contribution in [2.24, 2.45) is 5.73 Å². The van der Waals surface area contributed by atoms with Crippen LogP contribution in [0.4, 0.5) is 0 Å². The smallest absolute Gasteiger partial charge is 0.119 e. The average Bonchev–Trinajstić information content (AvgIpc) is 2.97. The molecular weight excluding hydrogens is 256 g/mol. The molecule has 2 aromatic rings. The van der Waals surface area contributed by atoms with Crippen LogP contribution in [-0.4, -0.2) is 11.6 Å². The number of aryl methyl sites for hydroxylation is 2. The van der Waals surface area contributed by atoms with E-state index in [-0.39, 0.29) is 6.04 Å². The van der Waals surface area contributed by atoms with Gasteiger partial charge in [-0.1, -0.05) is 6.07 Å². The summed E-state index contributed by atoms with van der Waals surface area (Å²) in [5.74, 6) is 0.954. The van der Waals surface area contributed by atoms with Crippen LogP contribution in [0.5, 0.6) is 5.75 Å². The van der Waals surface area contributed by atoms with Gasteiger partial charge in [-0.15, -0.1) is 11.3 Å². The Bertz CT molecular complexity index is 579. The summed E-state index contributed by atoms with van der Waals surface area (Å²) in [5, 5.41) is 0. The maximum Gasteiger partial charge on any atom is 0.119 e. The fourth-order valence-electron chi connectivity index (χ4n) is 2.54. The molecule has 0 amide bonds. The standard InChI is InChI=1S/C15H18N2OS/c1-10-15(19-9-17-10)6-7-18-12-3-4-13-11(8-12)2-5-14(13)16/h3-4,8-9,14H,2,5-7,16H2,1H3/t14-/m0/s1. The second-order valence-electron chi connectivity index (χ2n) is 4.97. The van der Waals surface area contributed by atoms with Crippen molar-refractivity contribution in [3.63, 3.8) is 0 Å². The maximum absolute atomic E-state index is 6.03. The summed E-state index contributed by atoms with van der Waals surface area (Å²) in [7, 11) is 0. The van der Waals surface area contributed by atoms with Gasteiger partial charge in [-0.25, -0.2) is 4.98 Å². The first-order valence-corrected chi connectivity index (χ1v) is 7.52. The zero-order valence-electron chi connectivity index (χ0n) is 11.1. The number of aromatic nitrogens is 1. The Labute approximate surface area is 117 Å². The molecular formula is C15H18N2OS. The number of rotatable bonds is 4. The van der Waals surface area contributed by atoms with Gasteiger partial charge in [0.05, 0.1) is 17.8 Å². The Morgan fingerprint density at radius 3 is 3.16 bits per heavy atom. The van der Waals surface area contributed by atoms with Crippen LogP contribution in [0.1, 0.15) is 34.2 Å². The van der Waals surface area contributed by atoms with Gasteiger partial charge in [0.2, 0.25) is 0 Å². The fraction of sp³-hybridized carbons (Fsp3) is 0.400. The molecule has 2 N–H and O–H groups in total. The molecule has 100 valence electrons. The topological polar surface area (TPSA) is 48.1 Å². The molecule has 0 bridgehead atoms. The molecule has 0 unspecified atom stereocenters. The van der Waals surface area contributed by atoms with Crippen molar-refractivity contribution < 1.29 is 4.74 Å². The minimum absolute atomic E-state index is 0.212. The van der Waals surface area contributed by atoms with E-state index in [0.717, 1.165) is 30.7 Å². The van der Waals surface area contributed by atoms with Gasteiger partial charge in [-0.3, -0.25) is 0 Å². The summed E-state index contributed by atoms with van der Waals surface area (Å²) in [4.78, 5) is 5.56. The minimum atomic E-state index is 0.212. The van der Waals surface area contributed by atoms with E-state index in [2.05, 4.69) is 17.1 Å². The molecule has 3 nitrogen and oxygen atoms in total. The summed E-state index contributed by atoms with van der Waals surface area (Å²) in [6, 6.07) is 6.50. The Balaban J connectivity index is 1.60. The second-order valence-corrected chi connectivity index (χ2v) is 5.90. The first-order chi connectivity index (χ1) is 9.24. The molecule has 1 aromatic heterocycles. The monoisotopic (exact) mass is 274 g/mol. The van der Waals surface area contributed by atoms with E-state index < -0.39 is 0 Å². The van der Waals surface area contributed by atoms with E-state index in [4.69, 9.17) is 10.5 Å². The molecule has 19 heavy (non-hydrogen) atoms. The number of thiazole rings is 1. The predicted octanol–water partition coefficient (Wildman–Crippen LogP) is 3.02. The van der Waals surface area contributed by atoms with Gasteiger partial charge in [-0.05, 0) is 43.0 Å². The van der Waals surface area contributed by atoms with E-state index in [1.54, 1.807) is 11.3 Å². The molecule has 0 radical (unpaired) electrons. The van der Waals surface area contributed by atoms with Crippen LogP contribution in [0.3, 0.4) is 0 Å². The van der Waals surface area contributed by atoms with E-state index in [1.165, 1.54) is 16.0 Å².